The number of aliphatic hydroxyl groups is 1. The third kappa shape index (κ3) is 6.51. The van der Waals surface area contributed by atoms with E-state index in [1.165, 1.54) is 12.1 Å². The van der Waals surface area contributed by atoms with Gasteiger partial charge >= 0.3 is 6.09 Å². The van der Waals surface area contributed by atoms with Crippen LogP contribution in [-0.2, 0) is 4.74 Å². The lowest BCUT2D eigenvalue weighted by Gasteiger charge is -2.36. The fourth-order valence-electron chi connectivity index (χ4n) is 2.54. The zero-order chi connectivity index (χ0) is 18.4. The van der Waals surface area contributed by atoms with Crippen LogP contribution < -0.4 is 4.74 Å². The van der Waals surface area contributed by atoms with Crippen molar-refractivity contribution >= 4 is 6.09 Å². The number of piperazine rings is 1. The van der Waals surface area contributed by atoms with E-state index in [2.05, 4.69) is 4.90 Å². The molecule has 1 aromatic carbocycles. The van der Waals surface area contributed by atoms with Crippen LogP contribution >= 0.6 is 0 Å². The summed E-state index contributed by atoms with van der Waals surface area (Å²) >= 11 is 0. The Kier molecular flexibility index (Phi) is 6.61. The minimum absolute atomic E-state index is 0.0210. The molecule has 0 aliphatic carbocycles. The van der Waals surface area contributed by atoms with Crippen molar-refractivity contribution < 1.29 is 23.8 Å². The summed E-state index contributed by atoms with van der Waals surface area (Å²) in [7, 11) is 0. The highest BCUT2D eigenvalue weighted by Crippen LogP contribution is 2.16. The van der Waals surface area contributed by atoms with Gasteiger partial charge in [0.1, 0.15) is 18.3 Å². The Morgan fingerprint density at radius 1 is 1.24 bits per heavy atom. The van der Waals surface area contributed by atoms with E-state index in [1.807, 2.05) is 20.8 Å². The molecule has 1 fully saturated rings. The Labute approximate surface area is 148 Å². The van der Waals surface area contributed by atoms with Crippen LogP contribution in [0.1, 0.15) is 20.8 Å². The van der Waals surface area contributed by atoms with Crippen LogP contribution in [0, 0.1) is 5.82 Å². The highest BCUT2D eigenvalue weighted by atomic mass is 19.1. The molecular weight excluding hydrogens is 327 g/mol. The van der Waals surface area contributed by atoms with Gasteiger partial charge in [0, 0.05) is 32.7 Å². The van der Waals surface area contributed by atoms with Gasteiger partial charge in [-0.05, 0) is 32.9 Å². The molecule has 1 atom stereocenters. The highest BCUT2D eigenvalue weighted by Gasteiger charge is 2.26. The van der Waals surface area contributed by atoms with E-state index in [0.717, 1.165) is 0 Å². The van der Waals surface area contributed by atoms with Gasteiger partial charge in [-0.2, -0.15) is 0 Å². The van der Waals surface area contributed by atoms with Gasteiger partial charge in [0.2, 0.25) is 0 Å². The molecule has 0 unspecified atom stereocenters. The van der Waals surface area contributed by atoms with Crippen molar-refractivity contribution in [2.75, 3.05) is 39.3 Å². The fraction of sp³-hybridized carbons (Fsp3) is 0.611. The van der Waals surface area contributed by atoms with Gasteiger partial charge in [0.15, 0.2) is 11.6 Å². The number of para-hydroxylation sites is 1. The van der Waals surface area contributed by atoms with Gasteiger partial charge in [0.05, 0.1) is 0 Å². The number of nitrogens with zero attached hydrogens (tertiary/aromatic N) is 2. The summed E-state index contributed by atoms with van der Waals surface area (Å²) in [5.74, 6) is -0.308. The molecule has 140 valence electrons. The fourth-order valence-corrected chi connectivity index (χ4v) is 2.54. The lowest BCUT2D eigenvalue weighted by molar-refractivity contribution is 0.00702. The zero-order valence-corrected chi connectivity index (χ0v) is 15.1. The molecule has 1 amide bonds. The molecule has 2 rings (SSSR count). The average Bonchev–Trinajstić information content (AvgIpc) is 2.53. The van der Waals surface area contributed by atoms with Gasteiger partial charge in [0.25, 0.3) is 0 Å². The van der Waals surface area contributed by atoms with Gasteiger partial charge in [-0.15, -0.1) is 0 Å². The van der Waals surface area contributed by atoms with Gasteiger partial charge in [-0.3, -0.25) is 4.90 Å². The number of rotatable bonds is 5. The number of halogens is 1. The molecule has 1 aliphatic heterocycles. The Morgan fingerprint density at radius 3 is 2.48 bits per heavy atom. The summed E-state index contributed by atoms with van der Waals surface area (Å²) in [6, 6.07) is 6.11. The van der Waals surface area contributed by atoms with Crippen molar-refractivity contribution in [1.82, 2.24) is 9.80 Å². The van der Waals surface area contributed by atoms with Crippen LogP contribution in [0.25, 0.3) is 0 Å². The second kappa shape index (κ2) is 8.49. The van der Waals surface area contributed by atoms with Gasteiger partial charge < -0.3 is 19.5 Å². The molecule has 6 nitrogen and oxygen atoms in total. The lowest BCUT2D eigenvalue weighted by Crippen LogP contribution is -2.51. The highest BCUT2D eigenvalue weighted by molar-refractivity contribution is 5.68. The van der Waals surface area contributed by atoms with Crippen LogP contribution in [0.15, 0.2) is 24.3 Å². The molecule has 0 spiro atoms. The topological polar surface area (TPSA) is 62.2 Å². The molecule has 7 heteroatoms. The zero-order valence-electron chi connectivity index (χ0n) is 15.1. The quantitative estimate of drug-likeness (QED) is 0.878. The SMILES string of the molecule is CC(C)(C)OC(=O)N1CCN(C[C@@H](O)COc2ccccc2F)CC1. The number of aliphatic hydroxyl groups excluding tert-OH is 1. The maximum atomic E-state index is 13.5. The molecule has 0 radical (unpaired) electrons. The average molecular weight is 354 g/mol. The van der Waals surface area contributed by atoms with Crippen molar-refractivity contribution in [2.24, 2.45) is 0 Å². The summed E-state index contributed by atoms with van der Waals surface area (Å²) in [4.78, 5) is 15.7. The van der Waals surface area contributed by atoms with Crippen LogP contribution in [0.3, 0.4) is 0 Å². The van der Waals surface area contributed by atoms with Crippen molar-refractivity contribution in [3.63, 3.8) is 0 Å². The largest absolute Gasteiger partial charge is 0.488 e. The van der Waals surface area contributed by atoms with E-state index in [4.69, 9.17) is 9.47 Å². The summed E-state index contributed by atoms with van der Waals surface area (Å²) in [5, 5.41) is 10.1. The standard InChI is InChI=1S/C18H27FN2O4/c1-18(2,3)25-17(23)21-10-8-20(9-11-21)12-14(22)13-24-16-7-5-4-6-15(16)19/h4-7,14,22H,8-13H2,1-3H3/t14-/m1/s1. The normalized spacial score (nSPS) is 17.2. The van der Waals surface area contributed by atoms with Crippen LogP contribution in [-0.4, -0.2) is 72.0 Å². The summed E-state index contributed by atoms with van der Waals surface area (Å²) in [6.07, 6.45) is -1.04. The number of β-amino-alcohol motifs (C(OH)–C–C–N with tert-alkyl or cyclic N) is 1. The first-order chi connectivity index (χ1) is 11.7. The Hall–Kier alpha value is -1.86. The molecule has 25 heavy (non-hydrogen) atoms. The molecule has 1 aliphatic rings. The molecule has 1 heterocycles. The van der Waals surface area contributed by atoms with Crippen LogP contribution in [0.5, 0.6) is 5.75 Å². The van der Waals surface area contributed by atoms with Crippen LogP contribution in [0.4, 0.5) is 9.18 Å². The third-order valence-corrected chi connectivity index (χ3v) is 3.76. The monoisotopic (exact) mass is 354 g/mol. The Morgan fingerprint density at radius 2 is 1.88 bits per heavy atom. The minimum Gasteiger partial charge on any atom is -0.488 e. The van der Waals surface area contributed by atoms with Gasteiger partial charge in [-0.1, -0.05) is 12.1 Å². The number of benzene rings is 1. The van der Waals surface area contributed by atoms with Gasteiger partial charge in [-0.25, -0.2) is 9.18 Å². The van der Waals surface area contributed by atoms with Crippen molar-refractivity contribution in [3.8, 4) is 5.75 Å². The first kappa shape index (κ1) is 19.5. The number of ether oxygens (including phenoxy) is 2. The number of amides is 1. The van der Waals surface area contributed by atoms with Crippen molar-refractivity contribution in [1.29, 1.82) is 0 Å². The molecule has 1 N–H and O–H groups in total. The second-order valence-corrected chi connectivity index (χ2v) is 7.16. The number of carbonyl (C=O) groups is 1. The second-order valence-electron chi connectivity index (χ2n) is 7.16. The summed E-state index contributed by atoms with van der Waals surface area (Å²) in [6.45, 7) is 8.36. The molecular formula is C18H27FN2O4. The third-order valence-electron chi connectivity index (χ3n) is 3.76. The minimum atomic E-state index is -0.729. The number of carbonyl (C=O) groups excluding carboxylic acids is 1. The van der Waals surface area contributed by atoms with E-state index >= 15 is 0 Å². The molecule has 0 bridgehead atoms. The van der Waals surface area contributed by atoms with E-state index < -0.39 is 17.5 Å². The molecule has 1 aromatic rings. The molecule has 0 saturated carbocycles. The smallest absolute Gasteiger partial charge is 0.410 e. The maximum Gasteiger partial charge on any atom is 0.410 e. The van der Waals surface area contributed by atoms with E-state index in [1.54, 1.807) is 17.0 Å². The first-order valence-electron chi connectivity index (χ1n) is 8.50. The predicted molar refractivity (Wildman–Crippen MR) is 92.1 cm³/mol. The Bertz CT molecular complexity index is 568. The first-order valence-corrected chi connectivity index (χ1v) is 8.50. The number of hydrogen-bond donors (Lipinski definition) is 1. The predicted octanol–water partition coefficient (Wildman–Crippen LogP) is 2.12. The van der Waals surface area contributed by atoms with E-state index in [9.17, 15) is 14.3 Å². The lowest BCUT2D eigenvalue weighted by atomic mass is 10.2. The summed E-state index contributed by atoms with van der Waals surface area (Å²) in [5.41, 5.74) is -0.505. The Balaban J connectivity index is 1.71. The van der Waals surface area contributed by atoms with Crippen LogP contribution in [0.2, 0.25) is 0 Å². The molecule has 1 saturated heterocycles. The number of hydrogen-bond acceptors (Lipinski definition) is 5. The summed E-state index contributed by atoms with van der Waals surface area (Å²) < 4.78 is 24.1. The molecule has 0 aromatic heterocycles. The van der Waals surface area contributed by atoms with E-state index in [-0.39, 0.29) is 18.4 Å². The van der Waals surface area contributed by atoms with Crippen molar-refractivity contribution in [2.45, 2.75) is 32.5 Å². The van der Waals surface area contributed by atoms with Crippen molar-refractivity contribution in [3.05, 3.63) is 30.1 Å². The van der Waals surface area contributed by atoms with E-state index in [0.29, 0.717) is 32.7 Å². The maximum absolute atomic E-state index is 13.5.